The fraction of sp³-hybridized carbons (Fsp3) is 0.364. The molecule has 2 atom stereocenters. The molecule has 0 saturated heterocycles. The molecule has 0 bridgehead atoms. The van der Waals surface area contributed by atoms with E-state index in [4.69, 9.17) is 4.74 Å². The van der Waals surface area contributed by atoms with Gasteiger partial charge in [-0.15, -0.1) is 0 Å². The molecule has 6 nitrogen and oxygen atoms in total. The number of amides is 3. The first-order valence-electron chi connectivity index (χ1n) is 9.65. The fourth-order valence-corrected chi connectivity index (χ4v) is 3.35. The summed E-state index contributed by atoms with van der Waals surface area (Å²) in [7, 11) is 1.58. The highest BCUT2D eigenvalue weighted by Gasteiger charge is 2.28. The molecule has 1 aliphatic heterocycles. The van der Waals surface area contributed by atoms with Gasteiger partial charge < -0.3 is 20.3 Å². The molecule has 0 radical (unpaired) electrons. The number of ether oxygens (including phenoxy) is 1. The lowest BCUT2D eigenvalue weighted by atomic mass is 9.99. The minimum absolute atomic E-state index is 0.0261. The van der Waals surface area contributed by atoms with Gasteiger partial charge in [-0.2, -0.15) is 0 Å². The van der Waals surface area contributed by atoms with Gasteiger partial charge in [0.2, 0.25) is 0 Å². The number of nitrogens with one attached hydrogen (secondary N) is 2. The van der Waals surface area contributed by atoms with Crippen molar-refractivity contribution < 1.29 is 14.3 Å². The molecule has 0 aliphatic carbocycles. The maximum absolute atomic E-state index is 13.1. The molecule has 1 heterocycles. The smallest absolute Gasteiger partial charge is 0.314 e. The first kappa shape index (κ1) is 19.7. The highest BCUT2D eigenvalue weighted by molar-refractivity contribution is 6.07. The Morgan fingerprint density at radius 3 is 2.54 bits per heavy atom. The Morgan fingerprint density at radius 2 is 1.82 bits per heavy atom. The molecule has 0 aromatic heterocycles. The average molecular weight is 381 g/mol. The Morgan fingerprint density at radius 1 is 1.07 bits per heavy atom. The molecule has 148 valence electrons. The predicted octanol–water partition coefficient (Wildman–Crippen LogP) is 3.36. The Bertz CT molecular complexity index is 838. The van der Waals surface area contributed by atoms with E-state index >= 15 is 0 Å². The lowest BCUT2D eigenvalue weighted by Crippen LogP contribution is -2.46. The number of anilines is 1. The monoisotopic (exact) mass is 381 g/mol. The third kappa shape index (κ3) is 4.27. The summed E-state index contributed by atoms with van der Waals surface area (Å²) in [5.41, 5.74) is 2.60. The van der Waals surface area contributed by atoms with Crippen LogP contribution in [-0.4, -0.2) is 37.7 Å². The largest absolute Gasteiger partial charge is 0.486 e. The summed E-state index contributed by atoms with van der Waals surface area (Å²) < 4.78 is 6.20. The number of hydrogen-bond acceptors (Lipinski definition) is 3. The van der Waals surface area contributed by atoms with Crippen LogP contribution in [0.3, 0.4) is 0 Å². The van der Waals surface area contributed by atoms with Crippen LogP contribution in [0.15, 0.2) is 48.5 Å². The molecule has 0 fully saturated rings. The quantitative estimate of drug-likeness (QED) is 0.834. The van der Waals surface area contributed by atoms with Crippen LogP contribution in [0.5, 0.6) is 5.75 Å². The van der Waals surface area contributed by atoms with Crippen LogP contribution in [0.2, 0.25) is 0 Å². The van der Waals surface area contributed by atoms with Gasteiger partial charge in [0, 0.05) is 19.2 Å². The van der Waals surface area contributed by atoms with E-state index in [0.29, 0.717) is 17.9 Å². The summed E-state index contributed by atoms with van der Waals surface area (Å²) >= 11 is 0. The second-order valence-corrected chi connectivity index (χ2v) is 7.03. The van der Waals surface area contributed by atoms with Gasteiger partial charge in [-0.1, -0.05) is 30.3 Å². The van der Waals surface area contributed by atoms with E-state index in [-0.39, 0.29) is 24.1 Å². The summed E-state index contributed by atoms with van der Waals surface area (Å²) in [5.74, 6) is 0.640. The van der Waals surface area contributed by atoms with Crippen LogP contribution in [-0.2, 0) is 6.42 Å². The standard InChI is InChI=1S/C22H27N3O3/c1-15(24-22(27)23-3)16(2)28-19-13-7-11-17-12-8-14-25(20(17)19)21(26)18-9-5-4-6-10-18/h4-7,9-11,13,15-16H,8,12,14H2,1-3H3,(H2,23,24,27). The molecule has 0 spiro atoms. The molecule has 2 aromatic carbocycles. The van der Waals surface area contributed by atoms with Crippen molar-refractivity contribution in [3.63, 3.8) is 0 Å². The van der Waals surface area contributed by atoms with Gasteiger partial charge in [0.1, 0.15) is 11.9 Å². The van der Waals surface area contributed by atoms with Gasteiger partial charge in [0.15, 0.2) is 0 Å². The van der Waals surface area contributed by atoms with E-state index in [9.17, 15) is 9.59 Å². The molecule has 3 rings (SSSR count). The molecule has 6 heteroatoms. The van der Waals surface area contributed by atoms with Gasteiger partial charge in [-0.3, -0.25) is 4.79 Å². The zero-order valence-corrected chi connectivity index (χ0v) is 16.6. The number of nitrogens with zero attached hydrogens (tertiary/aromatic N) is 1. The number of para-hydroxylation sites is 1. The van der Waals surface area contributed by atoms with E-state index < -0.39 is 0 Å². The molecule has 2 unspecified atom stereocenters. The molecule has 2 aromatic rings. The zero-order valence-electron chi connectivity index (χ0n) is 16.6. The second kappa shape index (κ2) is 8.78. The minimum Gasteiger partial charge on any atom is -0.486 e. The van der Waals surface area contributed by atoms with Crippen molar-refractivity contribution in [3.05, 3.63) is 59.7 Å². The summed E-state index contributed by atoms with van der Waals surface area (Å²) in [6.07, 6.45) is 1.56. The van der Waals surface area contributed by atoms with E-state index in [1.807, 2.05) is 67.3 Å². The minimum atomic E-state index is -0.264. The van der Waals surface area contributed by atoms with Crippen molar-refractivity contribution in [2.45, 2.75) is 38.8 Å². The number of fused-ring (bicyclic) bond motifs is 1. The summed E-state index contributed by atoms with van der Waals surface area (Å²) in [6.45, 7) is 4.45. The molecule has 1 aliphatic rings. The van der Waals surface area contributed by atoms with E-state index in [1.165, 1.54) is 0 Å². The van der Waals surface area contributed by atoms with Crippen LogP contribution in [0.4, 0.5) is 10.5 Å². The summed E-state index contributed by atoms with van der Waals surface area (Å²) in [5, 5.41) is 5.38. The van der Waals surface area contributed by atoms with Crippen molar-refractivity contribution in [2.75, 3.05) is 18.5 Å². The lowest BCUT2D eigenvalue weighted by molar-refractivity contribution is 0.0983. The van der Waals surface area contributed by atoms with Gasteiger partial charge in [-0.05, 0) is 50.5 Å². The van der Waals surface area contributed by atoms with Crippen LogP contribution in [0.1, 0.15) is 36.2 Å². The second-order valence-electron chi connectivity index (χ2n) is 7.03. The SMILES string of the molecule is CNC(=O)NC(C)C(C)Oc1cccc2c1N(C(=O)c1ccccc1)CCC2. The number of rotatable bonds is 5. The zero-order chi connectivity index (χ0) is 20.1. The van der Waals surface area contributed by atoms with Crippen molar-refractivity contribution in [2.24, 2.45) is 0 Å². The topological polar surface area (TPSA) is 70.7 Å². The van der Waals surface area contributed by atoms with Gasteiger partial charge in [0.25, 0.3) is 5.91 Å². The number of aryl methyl sites for hydroxylation is 1. The Labute approximate surface area is 165 Å². The van der Waals surface area contributed by atoms with Gasteiger partial charge in [-0.25, -0.2) is 4.79 Å². The Hall–Kier alpha value is -3.02. The van der Waals surface area contributed by atoms with Crippen LogP contribution in [0.25, 0.3) is 0 Å². The van der Waals surface area contributed by atoms with Crippen molar-refractivity contribution in [1.29, 1.82) is 0 Å². The van der Waals surface area contributed by atoms with Gasteiger partial charge in [0.05, 0.1) is 11.7 Å². The molecule has 2 N–H and O–H groups in total. The van der Waals surface area contributed by atoms with E-state index in [2.05, 4.69) is 10.6 Å². The molecule has 3 amide bonds. The van der Waals surface area contributed by atoms with Crippen molar-refractivity contribution in [1.82, 2.24) is 10.6 Å². The molecular formula is C22H27N3O3. The fourth-order valence-electron chi connectivity index (χ4n) is 3.35. The maximum atomic E-state index is 13.1. The Kier molecular flexibility index (Phi) is 6.19. The van der Waals surface area contributed by atoms with Crippen LogP contribution in [0, 0.1) is 0 Å². The van der Waals surface area contributed by atoms with E-state index in [0.717, 1.165) is 24.1 Å². The molecular weight excluding hydrogens is 354 g/mol. The summed E-state index contributed by atoms with van der Waals surface area (Å²) in [4.78, 5) is 26.5. The highest BCUT2D eigenvalue weighted by Crippen LogP contribution is 2.37. The average Bonchev–Trinajstić information content (AvgIpc) is 2.73. The lowest BCUT2D eigenvalue weighted by Gasteiger charge is -2.33. The first-order valence-corrected chi connectivity index (χ1v) is 9.65. The van der Waals surface area contributed by atoms with Crippen LogP contribution >= 0.6 is 0 Å². The third-order valence-electron chi connectivity index (χ3n) is 5.05. The number of carbonyl (C=O) groups is 2. The van der Waals surface area contributed by atoms with Crippen molar-refractivity contribution in [3.8, 4) is 5.75 Å². The number of carbonyl (C=O) groups excluding carboxylic acids is 2. The maximum Gasteiger partial charge on any atom is 0.314 e. The number of urea groups is 1. The van der Waals surface area contributed by atoms with Crippen LogP contribution < -0.4 is 20.3 Å². The van der Waals surface area contributed by atoms with Gasteiger partial charge >= 0.3 is 6.03 Å². The van der Waals surface area contributed by atoms with Crippen molar-refractivity contribution >= 4 is 17.6 Å². The Balaban J connectivity index is 1.87. The molecule has 0 saturated carbocycles. The predicted molar refractivity (Wildman–Crippen MR) is 110 cm³/mol. The van der Waals surface area contributed by atoms with E-state index in [1.54, 1.807) is 7.05 Å². The highest BCUT2D eigenvalue weighted by atomic mass is 16.5. The first-order chi connectivity index (χ1) is 13.5. The molecule has 28 heavy (non-hydrogen) atoms. The summed E-state index contributed by atoms with van der Waals surface area (Å²) in [6, 6.07) is 14.7. The third-order valence-corrected chi connectivity index (χ3v) is 5.05. The number of hydrogen-bond donors (Lipinski definition) is 2. The normalized spacial score (nSPS) is 15.2. The number of benzene rings is 2.